The number of fused-ring (bicyclic) bond motifs is 3. The van der Waals surface area contributed by atoms with Crippen LogP contribution < -0.4 is 5.32 Å². The number of carbonyl (C=O) groups is 1. The van der Waals surface area contributed by atoms with Gasteiger partial charge in [0.1, 0.15) is 17.9 Å². The van der Waals surface area contributed by atoms with E-state index in [0.29, 0.717) is 17.3 Å². The lowest BCUT2D eigenvalue weighted by atomic mass is 10.0. The number of hydrogen-bond donors (Lipinski definition) is 2. The van der Waals surface area contributed by atoms with Gasteiger partial charge in [-0.05, 0) is 56.0 Å². The van der Waals surface area contributed by atoms with E-state index in [2.05, 4.69) is 44.1 Å². The van der Waals surface area contributed by atoms with Gasteiger partial charge in [0.25, 0.3) is 5.91 Å². The lowest BCUT2D eigenvalue weighted by Crippen LogP contribution is -2.31. The molecule has 1 saturated heterocycles. The van der Waals surface area contributed by atoms with Crippen LogP contribution >= 0.6 is 0 Å². The van der Waals surface area contributed by atoms with Crippen LogP contribution in [0.3, 0.4) is 0 Å². The number of likely N-dealkylation sites (tertiary alicyclic amines) is 1. The third-order valence-corrected chi connectivity index (χ3v) is 8.16. The molecule has 1 aliphatic carbocycles. The minimum atomic E-state index is -0.949. The third kappa shape index (κ3) is 3.98. The second kappa shape index (κ2) is 8.53. The molecule has 1 unspecified atom stereocenters. The first-order chi connectivity index (χ1) is 18.4. The summed E-state index contributed by atoms with van der Waals surface area (Å²) >= 11 is 0. The molecule has 1 saturated carbocycles. The van der Waals surface area contributed by atoms with Gasteiger partial charge in [-0.1, -0.05) is 30.0 Å². The number of nitrogens with zero attached hydrogens (tertiary/aromatic N) is 4. The van der Waals surface area contributed by atoms with E-state index in [0.717, 1.165) is 53.1 Å². The van der Waals surface area contributed by atoms with E-state index < -0.39 is 12.2 Å². The van der Waals surface area contributed by atoms with Crippen molar-refractivity contribution in [2.24, 2.45) is 11.3 Å². The largest absolute Gasteiger partial charge is 0.356 e. The van der Waals surface area contributed by atoms with Gasteiger partial charge in [-0.15, -0.1) is 0 Å². The summed E-state index contributed by atoms with van der Waals surface area (Å²) in [7, 11) is 2.14. The highest BCUT2D eigenvalue weighted by Gasteiger charge is 2.58. The van der Waals surface area contributed by atoms with Crippen LogP contribution in [0.25, 0.3) is 10.9 Å². The number of amides is 1. The lowest BCUT2D eigenvalue weighted by Gasteiger charge is -2.17. The van der Waals surface area contributed by atoms with Crippen LogP contribution in [0.4, 0.5) is 4.39 Å². The monoisotopic (exact) mass is 508 g/mol. The van der Waals surface area contributed by atoms with Crippen molar-refractivity contribution in [3.05, 3.63) is 82.8 Å². The number of piperidine rings is 1. The number of pyridine rings is 1. The maximum atomic E-state index is 14.2. The molecule has 4 aromatic rings. The molecule has 7 nitrogen and oxygen atoms in total. The summed E-state index contributed by atoms with van der Waals surface area (Å²) < 4.78 is 16.1. The first-order valence-electron chi connectivity index (χ1n) is 13.1. The number of H-pyrrole nitrogens is 1. The van der Waals surface area contributed by atoms with Crippen molar-refractivity contribution in [2.75, 3.05) is 20.1 Å². The minimum Gasteiger partial charge on any atom is -0.356 e. The quantitative estimate of drug-likeness (QED) is 0.411. The van der Waals surface area contributed by atoms with E-state index in [4.69, 9.17) is 0 Å². The SMILES string of the molecule is Cc1cc(C#C[C@]23C[C@H]2CN(C)C3)cc(C(=O)NC(c2cc3ccccc3[nH]2)c2ncn3c2C[C@@H](F)C3)n1. The topological polar surface area (TPSA) is 78.8 Å². The fourth-order valence-electron chi connectivity index (χ4n) is 6.26. The van der Waals surface area contributed by atoms with E-state index in [9.17, 15) is 9.18 Å². The van der Waals surface area contributed by atoms with Crippen LogP contribution in [0.15, 0.2) is 48.8 Å². The van der Waals surface area contributed by atoms with E-state index >= 15 is 0 Å². The number of aromatic amines is 1. The fourth-order valence-corrected chi connectivity index (χ4v) is 6.26. The van der Waals surface area contributed by atoms with Crippen molar-refractivity contribution in [3.8, 4) is 11.8 Å². The van der Waals surface area contributed by atoms with Crippen LogP contribution in [0.1, 0.15) is 51.3 Å². The van der Waals surface area contributed by atoms with Crippen LogP contribution in [-0.4, -0.2) is 56.6 Å². The standard InChI is InChI=1S/C30H29FN6O/c1-18-9-19(7-8-30-13-21(30)14-36(2)16-30)10-25(33-18)29(38)35-27(24-11-20-5-3-4-6-23(20)34-24)28-26-12-22(31)15-37(26)17-32-28/h3-6,9-11,17,21-22,27,34H,12-16H2,1-2H3,(H,35,38)/t21-,22+,27?,30+/m0/s1. The molecule has 4 atom stereocenters. The van der Waals surface area contributed by atoms with Crippen LogP contribution in [0.5, 0.6) is 0 Å². The number of hydrogen-bond acceptors (Lipinski definition) is 4. The number of alkyl halides is 1. The average molecular weight is 509 g/mol. The zero-order valence-electron chi connectivity index (χ0n) is 21.5. The smallest absolute Gasteiger partial charge is 0.270 e. The molecule has 8 heteroatoms. The summed E-state index contributed by atoms with van der Waals surface area (Å²) in [5.74, 6) is 7.17. The van der Waals surface area contributed by atoms with Gasteiger partial charge < -0.3 is 19.8 Å². The van der Waals surface area contributed by atoms with Crippen LogP contribution in [-0.2, 0) is 13.0 Å². The lowest BCUT2D eigenvalue weighted by molar-refractivity contribution is 0.0936. The summed E-state index contributed by atoms with van der Waals surface area (Å²) in [6.45, 7) is 4.27. The Morgan fingerprint density at radius 3 is 2.95 bits per heavy atom. The molecular formula is C30H29FN6O. The number of aromatic nitrogens is 4. The summed E-state index contributed by atoms with van der Waals surface area (Å²) in [5.41, 5.74) is 5.16. The van der Waals surface area contributed by atoms with Gasteiger partial charge in [0, 0.05) is 53.1 Å². The average Bonchev–Trinajstić information content (AvgIpc) is 3.33. The Hall–Kier alpha value is -3.96. The number of nitrogens with one attached hydrogen (secondary N) is 2. The number of benzene rings is 1. The van der Waals surface area contributed by atoms with Gasteiger partial charge in [-0.25, -0.2) is 14.4 Å². The maximum absolute atomic E-state index is 14.2. The molecule has 2 N–H and O–H groups in total. The Morgan fingerprint density at radius 2 is 2.13 bits per heavy atom. The number of imidazole rings is 1. The van der Waals surface area contributed by atoms with Crippen molar-refractivity contribution in [3.63, 3.8) is 0 Å². The molecule has 3 aliphatic rings. The first-order valence-corrected chi connectivity index (χ1v) is 13.1. The molecular weight excluding hydrogens is 479 g/mol. The zero-order chi connectivity index (χ0) is 26.0. The Morgan fingerprint density at radius 1 is 1.26 bits per heavy atom. The maximum Gasteiger partial charge on any atom is 0.270 e. The first kappa shape index (κ1) is 23.2. The highest BCUT2D eigenvalue weighted by Crippen LogP contribution is 2.56. The molecule has 192 valence electrons. The molecule has 7 rings (SSSR count). The van der Waals surface area contributed by atoms with Crippen molar-refractivity contribution in [1.29, 1.82) is 0 Å². The number of rotatable bonds is 4. The predicted molar refractivity (Wildman–Crippen MR) is 142 cm³/mol. The van der Waals surface area contributed by atoms with Crippen LogP contribution in [0, 0.1) is 30.1 Å². The molecule has 2 fully saturated rings. The molecule has 1 amide bonds. The second-order valence-electron chi connectivity index (χ2n) is 11.1. The van der Waals surface area contributed by atoms with Gasteiger partial charge in [-0.3, -0.25) is 4.79 Å². The summed E-state index contributed by atoms with van der Waals surface area (Å²) in [6.07, 6.45) is 2.15. The molecule has 0 spiro atoms. The van der Waals surface area contributed by atoms with E-state index in [1.807, 2.05) is 47.9 Å². The molecule has 0 radical (unpaired) electrons. The molecule has 0 bridgehead atoms. The zero-order valence-corrected chi connectivity index (χ0v) is 21.5. The van der Waals surface area contributed by atoms with Gasteiger partial charge in [0.2, 0.25) is 0 Å². The second-order valence-corrected chi connectivity index (χ2v) is 11.1. The highest BCUT2D eigenvalue weighted by atomic mass is 19.1. The molecule has 2 aliphatic heterocycles. The molecule has 1 aromatic carbocycles. The van der Waals surface area contributed by atoms with Crippen molar-refractivity contribution in [1.82, 2.24) is 29.7 Å². The van der Waals surface area contributed by atoms with Gasteiger partial charge in [0.05, 0.1) is 18.6 Å². The minimum absolute atomic E-state index is 0.102. The Labute approximate surface area is 220 Å². The molecule has 38 heavy (non-hydrogen) atoms. The Kier molecular flexibility index (Phi) is 5.21. The summed E-state index contributed by atoms with van der Waals surface area (Å²) in [4.78, 5) is 28.5. The summed E-state index contributed by atoms with van der Waals surface area (Å²) in [6, 6.07) is 13.1. The Bertz CT molecular complexity index is 1610. The van der Waals surface area contributed by atoms with Gasteiger partial charge in [0.15, 0.2) is 0 Å². The normalized spacial score (nSPS) is 24.5. The Balaban J connectivity index is 1.21. The predicted octanol–water partition coefficient (Wildman–Crippen LogP) is 3.78. The number of halogens is 1. The summed E-state index contributed by atoms with van der Waals surface area (Å²) in [5, 5.41) is 4.17. The fraction of sp³-hybridized carbons (Fsp3) is 0.367. The van der Waals surface area contributed by atoms with Crippen molar-refractivity contribution < 1.29 is 9.18 Å². The van der Waals surface area contributed by atoms with Crippen molar-refractivity contribution >= 4 is 16.8 Å². The van der Waals surface area contributed by atoms with Gasteiger partial charge >= 0.3 is 0 Å². The van der Waals surface area contributed by atoms with E-state index in [-0.39, 0.29) is 24.3 Å². The highest BCUT2D eigenvalue weighted by molar-refractivity contribution is 5.93. The van der Waals surface area contributed by atoms with Crippen LogP contribution in [0.2, 0.25) is 0 Å². The number of carbonyl (C=O) groups excluding carboxylic acids is 1. The van der Waals surface area contributed by atoms with E-state index in [1.54, 1.807) is 12.4 Å². The van der Waals surface area contributed by atoms with Gasteiger partial charge in [-0.2, -0.15) is 0 Å². The third-order valence-electron chi connectivity index (χ3n) is 8.16. The van der Waals surface area contributed by atoms with E-state index in [1.165, 1.54) is 0 Å². The molecule has 5 heterocycles. The van der Waals surface area contributed by atoms with Crippen molar-refractivity contribution in [2.45, 2.75) is 38.5 Å². The number of aryl methyl sites for hydroxylation is 1. The molecule has 3 aromatic heterocycles. The number of para-hydroxylation sites is 1.